The van der Waals surface area contributed by atoms with Crippen LogP contribution in [0, 0.1) is 5.92 Å². The van der Waals surface area contributed by atoms with E-state index in [9.17, 15) is 18.3 Å². The van der Waals surface area contributed by atoms with Crippen molar-refractivity contribution in [3.8, 4) is 5.75 Å². The molecule has 19 heavy (non-hydrogen) atoms. The maximum Gasteiger partial charge on any atom is 0.432 e. The van der Waals surface area contributed by atoms with Gasteiger partial charge in [-0.3, -0.25) is 0 Å². The first-order valence-electron chi connectivity index (χ1n) is 5.46. The minimum atomic E-state index is -4.59. The van der Waals surface area contributed by atoms with Crippen LogP contribution in [0.5, 0.6) is 5.75 Å². The van der Waals surface area contributed by atoms with Crippen LogP contribution in [0.15, 0.2) is 34.5 Å². The third-order valence-corrected chi connectivity index (χ3v) is 2.79. The van der Waals surface area contributed by atoms with Gasteiger partial charge in [0.05, 0.1) is 13.0 Å². The number of halogens is 3. The summed E-state index contributed by atoms with van der Waals surface area (Å²) in [5.74, 6) is -1.24. The van der Waals surface area contributed by atoms with E-state index in [4.69, 9.17) is 4.74 Å². The molecular weight excluding hydrogens is 261 g/mol. The number of aliphatic hydroxyl groups excluding tert-OH is 1. The largest absolute Gasteiger partial charge is 0.497 e. The number of rotatable bonds is 3. The summed E-state index contributed by atoms with van der Waals surface area (Å²) < 4.78 is 43.0. The van der Waals surface area contributed by atoms with Gasteiger partial charge in [-0.05, 0) is 24.1 Å². The lowest BCUT2D eigenvalue weighted by Crippen LogP contribution is -2.33. The standard InChI is InChI=1S/C12H11F3N2O2/c1-19-8-4-2-7(3-5-8)6-9-10(12(13,14)15)16-17-11(9)18/h2-5,9H,6H2,1H3,(H,17,18). The van der Waals surface area contributed by atoms with E-state index in [1.165, 1.54) is 7.11 Å². The number of ether oxygens (including phenoxy) is 1. The Balaban J connectivity index is 2.16. The van der Waals surface area contributed by atoms with Crippen molar-refractivity contribution >= 4 is 11.6 Å². The molecular formula is C12H11F3N2O2. The molecule has 0 amide bonds. The zero-order chi connectivity index (χ0) is 14.0. The van der Waals surface area contributed by atoms with Gasteiger partial charge in [-0.15, -0.1) is 10.2 Å². The maximum atomic E-state index is 12.7. The lowest BCUT2D eigenvalue weighted by atomic mass is 9.94. The van der Waals surface area contributed by atoms with E-state index in [0.717, 1.165) is 0 Å². The topological polar surface area (TPSA) is 54.2 Å². The average Bonchev–Trinajstić information content (AvgIpc) is 2.72. The van der Waals surface area contributed by atoms with Crippen molar-refractivity contribution in [2.24, 2.45) is 16.1 Å². The highest BCUT2D eigenvalue weighted by Crippen LogP contribution is 2.29. The van der Waals surface area contributed by atoms with Crippen LogP contribution in [0.25, 0.3) is 0 Å². The van der Waals surface area contributed by atoms with E-state index in [0.29, 0.717) is 11.3 Å². The van der Waals surface area contributed by atoms with Gasteiger partial charge in [0.15, 0.2) is 5.71 Å². The Morgan fingerprint density at radius 1 is 1.21 bits per heavy atom. The Hall–Kier alpha value is -2.05. The summed E-state index contributed by atoms with van der Waals surface area (Å²) in [7, 11) is 1.50. The predicted octanol–water partition coefficient (Wildman–Crippen LogP) is 2.74. The van der Waals surface area contributed by atoms with Crippen molar-refractivity contribution < 1.29 is 23.0 Å². The van der Waals surface area contributed by atoms with E-state index in [2.05, 4.69) is 10.2 Å². The monoisotopic (exact) mass is 272 g/mol. The highest BCUT2D eigenvalue weighted by molar-refractivity contribution is 6.09. The number of alkyl halides is 3. The van der Waals surface area contributed by atoms with Crippen LogP contribution in [0.2, 0.25) is 0 Å². The molecule has 1 heterocycles. The van der Waals surface area contributed by atoms with Crippen molar-refractivity contribution in [3.63, 3.8) is 0 Å². The first kappa shape index (κ1) is 13.4. The number of aliphatic hydroxyl groups is 1. The van der Waals surface area contributed by atoms with Gasteiger partial charge in [0.25, 0.3) is 0 Å². The lowest BCUT2D eigenvalue weighted by molar-refractivity contribution is -0.0616. The fourth-order valence-corrected chi connectivity index (χ4v) is 1.81. The molecule has 0 aromatic heterocycles. The van der Waals surface area contributed by atoms with Crippen LogP contribution in [-0.2, 0) is 6.42 Å². The Labute approximate surface area is 107 Å². The van der Waals surface area contributed by atoms with Crippen LogP contribution in [0.1, 0.15) is 5.56 Å². The highest BCUT2D eigenvalue weighted by Gasteiger charge is 2.45. The summed E-state index contributed by atoms with van der Waals surface area (Å²) in [4.78, 5) is 0. The van der Waals surface area contributed by atoms with Gasteiger partial charge in [-0.1, -0.05) is 12.1 Å². The quantitative estimate of drug-likeness (QED) is 0.919. The van der Waals surface area contributed by atoms with Crippen molar-refractivity contribution in [1.82, 2.24) is 0 Å². The molecule has 4 nitrogen and oxygen atoms in total. The number of hydrogen-bond acceptors (Lipinski definition) is 3. The Morgan fingerprint density at radius 3 is 2.37 bits per heavy atom. The van der Waals surface area contributed by atoms with Crippen LogP contribution < -0.4 is 4.74 Å². The molecule has 1 aliphatic heterocycles. The second-order valence-electron chi connectivity index (χ2n) is 4.05. The zero-order valence-corrected chi connectivity index (χ0v) is 9.98. The molecule has 1 unspecified atom stereocenters. The van der Waals surface area contributed by atoms with Gasteiger partial charge < -0.3 is 9.84 Å². The average molecular weight is 272 g/mol. The van der Waals surface area contributed by atoms with Gasteiger partial charge >= 0.3 is 6.18 Å². The second kappa shape index (κ2) is 4.91. The molecule has 0 aliphatic carbocycles. The summed E-state index contributed by atoms with van der Waals surface area (Å²) in [5.41, 5.74) is -0.438. The third-order valence-electron chi connectivity index (χ3n) is 2.79. The molecule has 0 bridgehead atoms. The Bertz CT molecular complexity index is 521. The highest BCUT2D eigenvalue weighted by atomic mass is 19.4. The molecule has 0 spiro atoms. The van der Waals surface area contributed by atoms with E-state index in [1.807, 2.05) is 0 Å². The SMILES string of the molecule is COc1ccc(CC2C(O)=NN=C2C(F)(F)F)cc1. The van der Waals surface area contributed by atoms with Crippen LogP contribution in [0.3, 0.4) is 0 Å². The minimum Gasteiger partial charge on any atom is -0.497 e. The molecule has 1 aliphatic rings. The fraction of sp³-hybridized carbons (Fsp3) is 0.333. The molecule has 1 atom stereocenters. The van der Waals surface area contributed by atoms with E-state index in [-0.39, 0.29) is 6.42 Å². The summed E-state index contributed by atoms with van der Waals surface area (Å²) in [6.07, 6.45) is -4.61. The van der Waals surface area contributed by atoms with E-state index < -0.39 is 23.7 Å². The summed E-state index contributed by atoms with van der Waals surface area (Å²) in [6.45, 7) is 0. The molecule has 0 radical (unpaired) electrons. The zero-order valence-electron chi connectivity index (χ0n) is 9.98. The van der Waals surface area contributed by atoms with Crippen molar-refractivity contribution in [2.45, 2.75) is 12.6 Å². The molecule has 0 saturated carbocycles. The van der Waals surface area contributed by atoms with Gasteiger partial charge in [-0.25, -0.2) is 0 Å². The van der Waals surface area contributed by atoms with Crippen LogP contribution in [0.4, 0.5) is 13.2 Å². The summed E-state index contributed by atoms with van der Waals surface area (Å²) in [6, 6.07) is 6.56. The molecule has 2 rings (SSSR count). The number of methoxy groups -OCH3 is 1. The Kier molecular flexibility index (Phi) is 3.46. The minimum absolute atomic E-state index is 0.0162. The van der Waals surface area contributed by atoms with E-state index >= 15 is 0 Å². The van der Waals surface area contributed by atoms with Crippen molar-refractivity contribution in [2.75, 3.05) is 7.11 Å². The molecule has 1 aromatic rings. The molecule has 0 saturated heterocycles. The van der Waals surface area contributed by atoms with Crippen molar-refractivity contribution in [1.29, 1.82) is 0 Å². The van der Waals surface area contributed by atoms with Crippen molar-refractivity contribution in [3.05, 3.63) is 29.8 Å². The van der Waals surface area contributed by atoms with Gasteiger partial charge in [0, 0.05) is 0 Å². The van der Waals surface area contributed by atoms with Gasteiger partial charge in [-0.2, -0.15) is 13.2 Å². The molecule has 0 fully saturated rings. The maximum absolute atomic E-state index is 12.7. The fourth-order valence-electron chi connectivity index (χ4n) is 1.81. The molecule has 7 heteroatoms. The first-order chi connectivity index (χ1) is 8.91. The number of nitrogens with zero attached hydrogens (tertiary/aromatic N) is 2. The molecule has 1 N–H and O–H groups in total. The number of benzene rings is 1. The first-order valence-corrected chi connectivity index (χ1v) is 5.46. The van der Waals surface area contributed by atoms with Crippen LogP contribution in [-0.4, -0.2) is 30.0 Å². The van der Waals surface area contributed by atoms with Gasteiger partial charge in [0.1, 0.15) is 5.75 Å². The van der Waals surface area contributed by atoms with Gasteiger partial charge in [0.2, 0.25) is 5.90 Å². The third kappa shape index (κ3) is 2.86. The smallest absolute Gasteiger partial charge is 0.432 e. The Morgan fingerprint density at radius 2 is 1.84 bits per heavy atom. The molecule has 102 valence electrons. The lowest BCUT2D eigenvalue weighted by Gasteiger charge is -2.14. The number of hydrogen-bond donors (Lipinski definition) is 1. The second-order valence-corrected chi connectivity index (χ2v) is 4.05. The molecule has 1 aromatic carbocycles. The summed E-state index contributed by atoms with van der Waals surface area (Å²) >= 11 is 0. The van der Waals surface area contributed by atoms with E-state index in [1.54, 1.807) is 24.3 Å². The predicted molar refractivity (Wildman–Crippen MR) is 63.7 cm³/mol. The summed E-state index contributed by atoms with van der Waals surface area (Å²) in [5, 5.41) is 15.5. The normalized spacial score (nSPS) is 19.1. The van der Waals surface area contributed by atoms with Crippen LogP contribution >= 0.6 is 0 Å².